The Morgan fingerprint density at radius 1 is 0.805 bits per heavy atom. The Morgan fingerprint density at radius 2 is 1.29 bits per heavy atom. The number of carbonyl (C=O) groups excluding carboxylic acids is 4. The van der Waals surface area contributed by atoms with E-state index >= 15 is 0 Å². The molecule has 0 aromatic carbocycles. The number of nitrogens with one attached hydrogen (secondary N) is 1. The second-order valence-corrected chi connectivity index (χ2v) is 11.8. The molecule has 0 aromatic rings. The molecule has 0 radical (unpaired) electrons. The lowest BCUT2D eigenvalue weighted by Gasteiger charge is -2.54. The van der Waals surface area contributed by atoms with Gasteiger partial charge in [0.05, 0.1) is 19.1 Å². The zero-order chi connectivity index (χ0) is 29.9. The van der Waals surface area contributed by atoms with E-state index in [1.807, 2.05) is 4.90 Å². The number of nitrogens with zero attached hydrogens (tertiary/aromatic N) is 1. The van der Waals surface area contributed by atoms with Crippen molar-refractivity contribution in [1.29, 1.82) is 0 Å². The fourth-order valence-corrected chi connectivity index (χ4v) is 7.54. The molecule has 0 aliphatic carbocycles. The molecule has 4 amide bonds. The topological polar surface area (TPSA) is 237 Å². The number of aliphatic hydroxyl groups is 1. The van der Waals surface area contributed by atoms with Crippen LogP contribution in [0, 0.1) is 11.8 Å². The van der Waals surface area contributed by atoms with Crippen LogP contribution < -0.4 is 27.8 Å². The molecule has 10 N–H and O–H groups in total. The lowest BCUT2D eigenvalue weighted by molar-refractivity contribution is -0.945. The summed E-state index contributed by atoms with van der Waals surface area (Å²) in [7, 11) is 0. The van der Waals surface area contributed by atoms with Crippen molar-refractivity contribution in [3.63, 3.8) is 0 Å². The molecule has 9 atom stereocenters. The number of carbonyl (C=O) groups is 4. The van der Waals surface area contributed by atoms with Gasteiger partial charge in [0.15, 0.2) is 0 Å². The summed E-state index contributed by atoms with van der Waals surface area (Å²) in [4.78, 5) is 49.7. The van der Waals surface area contributed by atoms with Crippen LogP contribution in [0.5, 0.6) is 0 Å². The summed E-state index contributed by atoms with van der Waals surface area (Å²) in [5, 5.41) is 7.57. The van der Waals surface area contributed by atoms with E-state index in [0.29, 0.717) is 0 Å². The summed E-state index contributed by atoms with van der Waals surface area (Å²) < 4.78 is 20.0. The lowest BCUT2D eigenvalue weighted by atomic mass is 9.71. The summed E-state index contributed by atoms with van der Waals surface area (Å²) in [6.07, 6.45) is 4.17. The molecule has 6 saturated heterocycles. The van der Waals surface area contributed by atoms with E-state index in [4.69, 9.17) is 46.7 Å². The summed E-state index contributed by atoms with van der Waals surface area (Å²) in [6, 6.07) is 2.03. The number of hydrogen-bond acceptors (Lipinski definition) is 10. The first-order chi connectivity index (χ1) is 19.5. The van der Waals surface area contributed by atoms with Gasteiger partial charge in [-0.2, -0.15) is 0 Å². The monoisotopic (exact) mass is 584 g/mol. The predicted molar refractivity (Wildman–Crippen MR) is 144 cm³/mol. The fourth-order valence-electron chi connectivity index (χ4n) is 7.54. The van der Waals surface area contributed by atoms with E-state index in [2.05, 4.69) is 4.90 Å². The molecule has 6 fully saturated rings. The maximum atomic E-state index is 11.2. The van der Waals surface area contributed by atoms with Crippen LogP contribution in [0.3, 0.4) is 0 Å². The van der Waals surface area contributed by atoms with E-state index in [0.717, 1.165) is 23.9 Å². The molecule has 6 aliphatic heterocycles. The van der Waals surface area contributed by atoms with Gasteiger partial charge in [-0.1, -0.05) is 6.42 Å². The average molecular weight is 584 g/mol. The molecule has 15 nitrogen and oxygen atoms in total. The van der Waals surface area contributed by atoms with Crippen molar-refractivity contribution in [2.45, 2.75) is 88.4 Å². The Morgan fingerprint density at radius 3 is 1.78 bits per heavy atom. The molecule has 6 heterocycles. The third-order valence-corrected chi connectivity index (χ3v) is 9.09. The highest BCUT2D eigenvalue weighted by Crippen LogP contribution is 2.37. The summed E-state index contributed by atoms with van der Waals surface area (Å²) in [5.41, 5.74) is 20.1. The lowest BCUT2D eigenvalue weighted by Crippen LogP contribution is -3.19. The second-order valence-electron chi connectivity index (χ2n) is 11.8. The van der Waals surface area contributed by atoms with Gasteiger partial charge in [-0.3, -0.25) is 24.1 Å². The van der Waals surface area contributed by atoms with Crippen LogP contribution in [0.25, 0.3) is 0 Å². The molecule has 6 rings (SSSR count). The Hall–Kier alpha value is -2.34. The van der Waals surface area contributed by atoms with Crippen LogP contribution in [0.2, 0.25) is 0 Å². The van der Waals surface area contributed by atoms with E-state index in [-0.39, 0.29) is 6.61 Å². The molecule has 0 saturated carbocycles. The van der Waals surface area contributed by atoms with Gasteiger partial charge in [-0.15, -0.1) is 0 Å². The van der Waals surface area contributed by atoms with Crippen LogP contribution >= 0.6 is 0 Å². The number of piperidine rings is 4. The first kappa shape index (κ1) is 31.6. The van der Waals surface area contributed by atoms with E-state index in [1.165, 1.54) is 64.7 Å². The molecule has 1 unspecified atom stereocenters. The molecule has 41 heavy (non-hydrogen) atoms. The predicted octanol–water partition coefficient (Wildman–Crippen LogP) is -4.14. The van der Waals surface area contributed by atoms with E-state index < -0.39 is 55.0 Å². The van der Waals surface area contributed by atoms with Gasteiger partial charge in [0.25, 0.3) is 0 Å². The van der Waals surface area contributed by atoms with E-state index in [9.17, 15) is 19.2 Å². The summed E-state index contributed by atoms with van der Waals surface area (Å²) in [5.74, 6) is -2.21. The first-order valence-electron chi connectivity index (χ1n) is 14.7. The maximum absolute atomic E-state index is 11.2. The Kier molecular flexibility index (Phi) is 10.3. The maximum Gasteiger partial charge on any atom is 0.533 e. The third-order valence-electron chi connectivity index (χ3n) is 9.09. The first-order valence-corrected chi connectivity index (χ1v) is 14.7. The molecular weight excluding hydrogens is 539 g/mol. The van der Waals surface area contributed by atoms with Gasteiger partial charge in [0.2, 0.25) is 23.6 Å². The van der Waals surface area contributed by atoms with Gasteiger partial charge in [-0.05, 0) is 52.0 Å². The molecule has 0 aromatic heterocycles. The van der Waals surface area contributed by atoms with Gasteiger partial charge in [0.1, 0.15) is 24.4 Å². The average Bonchev–Trinajstić information content (AvgIpc) is 3.51. The number of fused-ring (bicyclic) bond motifs is 6. The third kappa shape index (κ3) is 6.84. The number of primary amides is 4. The van der Waals surface area contributed by atoms with Crippen molar-refractivity contribution in [2.24, 2.45) is 34.8 Å². The number of aliphatic hydroxyl groups excluding tert-OH is 1. The van der Waals surface area contributed by atoms with Gasteiger partial charge >= 0.3 is 6.96 Å². The Labute approximate surface area is 239 Å². The van der Waals surface area contributed by atoms with Crippen LogP contribution in [0.4, 0.5) is 0 Å². The summed E-state index contributed by atoms with van der Waals surface area (Å²) in [6.45, 7) is 4.55. The van der Waals surface area contributed by atoms with Crippen LogP contribution in [0.1, 0.15) is 51.9 Å². The number of rotatable bonds is 4. The van der Waals surface area contributed by atoms with Gasteiger partial charge < -0.3 is 51.6 Å². The molecular formula is C25H45BN6O9. The Balaban J connectivity index is 0.000000175. The zero-order valence-corrected chi connectivity index (χ0v) is 23.7. The molecule has 2 bridgehead atoms. The minimum absolute atomic E-state index is 0.250. The largest absolute Gasteiger partial charge is 0.533 e. The van der Waals surface area contributed by atoms with Crippen molar-refractivity contribution in [1.82, 2.24) is 4.90 Å². The Bertz CT molecular complexity index is 870. The molecule has 16 heteroatoms. The normalized spacial score (nSPS) is 38.7. The molecule has 232 valence electrons. The van der Waals surface area contributed by atoms with Crippen molar-refractivity contribution in [3.05, 3.63) is 0 Å². The highest BCUT2D eigenvalue weighted by molar-refractivity contribution is 6.56. The van der Waals surface area contributed by atoms with Crippen molar-refractivity contribution in [2.75, 3.05) is 32.8 Å². The number of amides is 4. The number of quaternary nitrogens is 1. The molecule has 1 spiro atoms. The highest BCUT2D eigenvalue weighted by atomic mass is 16.9. The van der Waals surface area contributed by atoms with Gasteiger partial charge in [-0.25, -0.2) is 0 Å². The van der Waals surface area contributed by atoms with Crippen LogP contribution in [-0.4, -0.2) is 110 Å². The minimum Gasteiger partial charge on any atom is -0.507 e. The number of hydrogen-bond donors (Lipinski definition) is 6. The van der Waals surface area contributed by atoms with Gasteiger partial charge in [0, 0.05) is 31.0 Å². The highest BCUT2D eigenvalue weighted by Gasteiger charge is 2.59. The van der Waals surface area contributed by atoms with Crippen molar-refractivity contribution >= 4 is 30.6 Å². The molecule has 6 aliphatic rings. The van der Waals surface area contributed by atoms with Crippen molar-refractivity contribution in [3.8, 4) is 0 Å². The van der Waals surface area contributed by atoms with E-state index in [1.54, 1.807) is 13.3 Å². The minimum atomic E-state index is -3.25. The smallest absolute Gasteiger partial charge is 0.507 e. The van der Waals surface area contributed by atoms with Crippen molar-refractivity contribution < 1.29 is 47.8 Å². The standard InChI is InChI=1S/C15H26N2.C8H12BN4O8.C2H6O/c1-3-7-16-11-13-9-12(14(16)5-1)10-17-8-4-2-6-15(13)17;10-5(14)1-2(6(11)15)19-9(18-1)20-3(7(12)16)4(21-9)8(13)17;1-2-3/h12-15H,1-11H2;1-4H,(H2,10,14)(H2,11,15)(H2,12,16)(H2,13,17);3H,2H2,1H3/q;-1;/p+1/t12-,13-,14-,15+;1-,2-,3-,4-;/m01./s1. The van der Waals surface area contributed by atoms with Crippen LogP contribution in [0.15, 0.2) is 0 Å². The second kappa shape index (κ2) is 13.3. The SMILES string of the molecule is C1CCN2C[C@@H]3C[C@@H](C[NH+]4CCCC[C@@H]34)[C@H]2C1.CCO.NC(=O)[C@@H]1O[B-]2(O[C@H]1C(N)=O)O[C@@H](C(N)=O)[C@H](C(N)=O)O2. The quantitative estimate of drug-likeness (QED) is 0.174. The zero-order valence-electron chi connectivity index (χ0n) is 23.7. The number of nitrogens with two attached hydrogens (primary N) is 4. The fraction of sp³-hybridized carbons (Fsp3) is 0.840. The van der Waals surface area contributed by atoms with Crippen LogP contribution in [-0.2, 0) is 37.8 Å². The summed E-state index contributed by atoms with van der Waals surface area (Å²) >= 11 is 0.